The molecular weight excluding hydrogens is 446 g/mol. The van der Waals surface area contributed by atoms with Crippen LogP contribution < -0.4 is 20.1 Å². The van der Waals surface area contributed by atoms with Gasteiger partial charge in [0.15, 0.2) is 11.5 Å². The molecule has 35 heavy (non-hydrogen) atoms. The number of ether oxygens (including phenoxy) is 2. The number of nitrogens with zero attached hydrogens (tertiary/aromatic N) is 3. The molecule has 0 radical (unpaired) electrons. The number of amides is 2. The summed E-state index contributed by atoms with van der Waals surface area (Å²) < 4.78 is 12.1. The molecule has 0 aliphatic heterocycles. The lowest BCUT2D eigenvalue weighted by molar-refractivity contribution is 0.0939. The zero-order valence-electron chi connectivity index (χ0n) is 20.0. The molecule has 0 spiro atoms. The molecule has 4 aromatic rings. The number of hydrogen-bond acceptors (Lipinski definition) is 6. The van der Waals surface area contributed by atoms with Crippen LogP contribution in [0.15, 0.2) is 67.1 Å². The molecule has 0 aliphatic carbocycles. The van der Waals surface area contributed by atoms with E-state index in [2.05, 4.69) is 20.6 Å². The molecule has 2 aromatic carbocycles. The maximum atomic E-state index is 12.7. The lowest BCUT2D eigenvalue weighted by Crippen LogP contribution is -2.37. The van der Waals surface area contributed by atoms with Gasteiger partial charge in [-0.15, -0.1) is 0 Å². The number of anilines is 1. The van der Waals surface area contributed by atoms with Gasteiger partial charge in [-0.2, -0.15) is 0 Å². The van der Waals surface area contributed by atoms with Crippen LogP contribution in [0.4, 0.5) is 5.69 Å². The monoisotopic (exact) mass is 473 g/mol. The van der Waals surface area contributed by atoms with Gasteiger partial charge in [-0.3, -0.25) is 14.0 Å². The third-order valence-corrected chi connectivity index (χ3v) is 5.78. The van der Waals surface area contributed by atoms with E-state index in [1.807, 2.05) is 38.1 Å². The smallest absolute Gasteiger partial charge is 0.269 e. The average Bonchev–Trinajstić information content (AvgIpc) is 3.31. The highest BCUT2D eigenvalue weighted by atomic mass is 16.5. The van der Waals surface area contributed by atoms with Crippen LogP contribution in [0.25, 0.3) is 5.78 Å². The molecule has 2 N–H and O–H groups in total. The summed E-state index contributed by atoms with van der Waals surface area (Å²) in [5.74, 6) is 1.04. The largest absolute Gasteiger partial charge is 0.493 e. The van der Waals surface area contributed by atoms with Gasteiger partial charge >= 0.3 is 0 Å². The molecular formula is C26H27N5O4. The molecule has 180 valence electrons. The summed E-state index contributed by atoms with van der Waals surface area (Å²) in [6.45, 7) is 4.50. The first-order valence-electron chi connectivity index (χ1n) is 11.0. The molecule has 0 aliphatic rings. The Kier molecular flexibility index (Phi) is 6.68. The lowest BCUT2D eigenvalue weighted by Gasteiger charge is -2.26. The first kappa shape index (κ1) is 23.7. The molecule has 2 amide bonds. The normalized spacial score (nSPS) is 11.2. The van der Waals surface area contributed by atoms with E-state index in [0.29, 0.717) is 40.8 Å². The van der Waals surface area contributed by atoms with Crippen molar-refractivity contribution in [2.45, 2.75) is 19.3 Å². The third-order valence-electron chi connectivity index (χ3n) is 5.78. The molecule has 9 nitrogen and oxygen atoms in total. The summed E-state index contributed by atoms with van der Waals surface area (Å²) in [5.41, 5.74) is 2.21. The van der Waals surface area contributed by atoms with Crippen molar-refractivity contribution >= 4 is 23.3 Å². The Labute approximate surface area is 203 Å². The minimum atomic E-state index is -0.347. The molecule has 0 saturated heterocycles. The molecule has 0 saturated carbocycles. The standard InChI is InChI=1S/C26H27N5O4/c1-26(2,16-29-24(33)20-15-28-25-27-12-5-13-31(20)25)18-7-9-19(10-8-18)30-23(32)17-6-11-21(34-3)22(14-17)35-4/h5-15H,16H2,1-4H3,(H,29,33)(H,30,32). The summed E-state index contributed by atoms with van der Waals surface area (Å²) in [6, 6.07) is 14.3. The number of rotatable bonds is 8. The Balaban J connectivity index is 1.40. The summed E-state index contributed by atoms with van der Waals surface area (Å²) >= 11 is 0. The van der Waals surface area contributed by atoms with E-state index < -0.39 is 0 Å². The topological polar surface area (TPSA) is 107 Å². The van der Waals surface area contributed by atoms with Crippen molar-refractivity contribution < 1.29 is 19.1 Å². The zero-order valence-corrected chi connectivity index (χ0v) is 20.0. The average molecular weight is 474 g/mol. The van der Waals surface area contributed by atoms with Crippen LogP contribution in [-0.4, -0.2) is 46.9 Å². The maximum Gasteiger partial charge on any atom is 0.269 e. The van der Waals surface area contributed by atoms with E-state index in [9.17, 15) is 9.59 Å². The predicted octanol–water partition coefficient (Wildman–Crippen LogP) is 3.71. The van der Waals surface area contributed by atoms with E-state index in [4.69, 9.17) is 9.47 Å². The van der Waals surface area contributed by atoms with Crippen molar-refractivity contribution in [2.24, 2.45) is 0 Å². The Bertz CT molecular complexity index is 1360. The van der Waals surface area contributed by atoms with E-state index in [0.717, 1.165) is 5.56 Å². The third kappa shape index (κ3) is 5.08. The van der Waals surface area contributed by atoms with Crippen LogP contribution in [0.1, 0.15) is 40.3 Å². The summed E-state index contributed by atoms with van der Waals surface area (Å²) in [4.78, 5) is 33.7. The van der Waals surface area contributed by atoms with Gasteiger partial charge in [0.1, 0.15) is 5.69 Å². The van der Waals surface area contributed by atoms with Gasteiger partial charge in [0, 0.05) is 35.6 Å². The molecule has 0 unspecified atom stereocenters. The highest BCUT2D eigenvalue weighted by molar-refractivity contribution is 6.04. The van der Waals surface area contributed by atoms with Crippen molar-refractivity contribution in [3.63, 3.8) is 0 Å². The summed E-state index contributed by atoms with van der Waals surface area (Å²) in [5, 5.41) is 5.88. The predicted molar refractivity (Wildman–Crippen MR) is 132 cm³/mol. The first-order valence-corrected chi connectivity index (χ1v) is 11.0. The fourth-order valence-corrected chi connectivity index (χ4v) is 3.68. The van der Waals surface area contributed by atoms with Gasteiger partial charge in [0.25, 0.3) is 11.8 Å². The molecule has 2 heterocycles. The van der Waals surface area contributed by atoms with Gasteiger partial charge in [-0.1, -0.05) is 26.0 Å². The molecule has 0 atom stereocenters. The van der Waals surface area contributed by atoms with Crippen molar-refractivity contribution in [3.8, 4) is 11.5 Å². The van der Waals surface area contributed by atoms with Crippen molar-refractivity contribution in [1.82, 2.24) is 19.7 Å². The molecule has 4 rings (SSSR count). The van der Waals surface area contributed by atoms with Gasteiger partial charge < -0.3 is 20.1 Å². The second-order valence-corrected chi connectivity index (χ2v) is 8.60. The first-order chi connectivity index (χ1) is 16.8. The SMILES string of the molecule is COc1ccc(C(=O)Nc2ccc(C(C)(C)CNC(=O)c3cnc4ncccn34)cc2)cc1OC. The van der Waals surface area contributed by atoms with E-state index >= 15 is 0 Å². The van der Waals surface area contributed by atoms with Crippen molar-refractivity contribution in [3.05, 3.63) is 83.9 Å². The summed E-state index contributed by atoms with van der Waals surface area (Å²) in [7, 11) is 3.07. The van der Waals surface area contributed by atoms with Gasteiger partial charge in [0.2, 0.25) is 5.78 Å². The number of methoxy groups -OCH3 is 2. The fourth-order valence-electron chi connectivity index (χ4n) is 3.68. The number of benzene rings is 2. The van der Waals surface area contributed by atoms with Crippen LogP contribution in [0.2, 0.25) is 0 Å². The molecule has 0 fully saturated rings. The Hall–Kier alpha value is -4.40. The second kappa shape index (κ2) is 9.84. The van der Waals surface area contributed by atoms with Crippen LogP contribution in [0.5, 0.6) is 11.5 Å². The van der Waals surface area contributed by atoms with Crippen LogP contribution in [0, 0.1) is 0 Å². The highest BCUT2D eigenvalue weighted by Crippen LogP contribution is 2.28. The van der Waals surface area contributed by atoms with E-state index in [-0.39, 0.29) is 17.2 Å². The second-order valence-electron chi connectivity index (χ2n) is 8.60. The number of hydrogen-bond donors (Lipinski definition) is 2. The van der Waals surface area contributed by atoms with E-state index in [1.54, 1.807) is 48.2 Å². The highest BCUT2D eigenvalue weighted by Gasteiger charge is 2.23. The maximum absolute atomic E-state index is 12.7. The van der Waals surface area contributed by atoms with Gasteiger partial charge in [-0.25, -0.2) is 9.97 Å². The van der Waals surface area contributed by atoms with Gasteiger partial charge in [-0.05, 0) is 42.0 Å². The van der Waals surface area contributed by atoms with E-state index in [1.165, 1.54) is 13.3 Å². The Morgan fingerprint density at radius 1 is 0.971 bits per heavy atom. The van der Waals surface area contributed by atoms with Gasteiger partial charge in [0.05, 0.1) is 20.4 Å². The number of fused-ring (bicyclic) bond motifs is 1. The molecule has 2 aromatic heterocycles. The fraction of sp³-hybridized carbons (Fsp3) is 0.231. The quantitative estimate of drug-likeness (QED) is 0.404. The van der Waals surface area contributed by atoms with Crippen molar-refractivity contribution in [1.29, 1.82) is 0 Å². The Morgan fingerprint density at radius 2 is 1.71 bits per heavy atom. The number of aromatic nitrogens is 3. The number of imidazole rings is 1. The van der Waals surface area contributed by atoms with Crippen LogP contribution in [0.3, 0.4) is 0 Å². The Morgan fingerprint density at radius 3 is 2.43 bits per heavy atom. The molecule has 9 heteroatoms. The van der Waals surface area contributed by atoms with Crippen molar-refractivity contribution in [2.75, 3.05) is 26.1 Å². The lowest BCUT2D eigenvalue weighted by atomic mass is 9.84. The van der Waals surface area contributed by atoms with Crippen LogP contribution >= 0.6 is 0 Å². The number of carbonyl (C=O) groups excluding carboxylic acids is 2. The molecule has 0 bridgehead atoms. The number of carbonyl (C=O) groups is 2. The minimum Gasteiger partial charge on any atom is -0.493 e. The zero-order chi connectivity index (χ0) is 25.0. The number of nitrogens with one attached hydrogen (secondary N) is 2. The minimum absolute atomic E-state index is 0.225. The summed E-state index contributed by atoms with van der Waals surface area (Å²) in [6.07, 6.45) is 4.90. The van der Waals surface area contributed by atoms with Crippen LogP contribution in [-0.2, 0) is 5.41 Å².